The van der Waals surface area contributed by atoms with E-state index in [0.717, 1.165) is 6.42 Å². The lowest BCUT2D eigenvalue weighted by Gasteiger charge is -2.20. The minimum Gasteiger partial charge on any atom is -0.495 e. The van der Waals surface area contributed by atoms with Gasteiger partial charge >= 0.3 is 5.97 Å². The highest BCUT2D eigenvalue weighted by Gasteiger charge is 2.23. The molecule has 0 fully saturated rings. The molecule has 1 aliphatic rings. The summed E-state index contributed by atoms with van der Waals surface area (Å²) < 4.78 is 9.98. The number of aliphatic imine (C=N–C) groups is 1. The summed E-state index contributed by atoms with van der Waals surface area (Å²) in [7, 11) is 2.85. The van der Waals surface area contributed by atoms with Crippen LogP contribution in [0.2, 0.25) is 0 Å². The third-order valence-corrected chi connectivity index (χ3v) is 3.49. The standard InChI is InChI=1S/C18H28N2O4/c1-18(2,3)9-11-19-10-8-16(21)20-14-7-6-13(17(22)24-5)12-15(14)23-4/h7,11-13H,6,8-10H2,1-5H3,(H,20,21)/b19-11+. The fraction of sp³-hybridized carbons (Fsp3) is 0.611. The number of methoxy groups -OCH3 is 2. The van der Waals surface area contributed by atoms with E-state index in [1.807, 2.05) is 6.21 Å². The van der Waals surface area contributed by atoms with E-state index in [0.29, 0.717) is 30.8 Å². The molecule has 6 heteroatoms. The van der Waals surface area contributed by atoms with E-state index in [4.69, 9.17) is 9.47 Å². The molecule has 6 nitrogen and oxygen atoms in total. The van der Waals surface area contributed by atoms with Crippen molar-refractivity contribution in [2.75, 3.05) is 20.8 Å². The van der Waals surface area contributed by atoms with Crippen LogP contribution in [-0.4, -0.2) is 38.9 Å². The van der Waals surface area contributed by atoms with Gasteiger partial charge in [0.2, 0.25) is 5.91 Å². The van der Waals surface area contributed by atoms with Crippen molar-refractivity contribution < 1.29 is 19.1 Å². The summed E-state index contributed by atoms with van der Waals surface area (Å²) in [6.45, 7) is 6.87. The quantitative estimate of drug-likeness (QED) is 0.573. The summed E-state index contributed by atoms with van der Waals surface area (Å²) in [6, 6.07) is 0. The number of hydrogen-bond donors (Lipinski definition) is 1. The fourth-order valence-corrected chi connectivity index (χ4v) is 2.10. The molecule has 1 unspecified atom stereocenters. The van der Waals surface area contributed by atoms with Crippen LogP contribution in [0.1, 0.15) is 40.0 Å². The maximum Gasteiger partial charge on any atom is 0.312 e. The topological polar surface area (TPSA) is 77.0 Å². The van der Waals surface area contributed by atoms with E-state index >= 15 is 0 Å². The second kappa shape index (κ2) is 9.25. The van der Waals surface area contributed by atoms with Gasteiger partial charge in [-0.25, -0.2) is 0 Å². The van der Waals surface area contributed by atoms with Crippen LogP contribution in [0.5, 0.6) is 0 Å². The monoisotopic (exact) mass is 336 g/mol. The number of nitrogens with zero attached hydrogens (tertiary/aromatic N) is 1. The molecule has 1 atom stereocenters. The normalized spacial score (nSPS) is 18.0. The zero-order valence-electron chi connectivity index (χ0n) is 15.2. The molecule has 0 aromatic carbocycles. The van der Waals surface area contributed by atoms with E-state index in [2.05, 4.69) is 31.1 Å². The van der Waals surface area contributed by atoms with E-state index < -0.39 is 0 Å². The first-order valence-electron chi connectivity index (χ1n) is 8.09. The van der Waals surface area contributed by atoms with Gasteiger partial charge in [-0.2, -0.15) is 0 Å². The van der Waals surface area contributed by atoms with Crippen LogP contribution in [0.4, 0.5) is 0 Å². The molecule has 0 heterocycles. The zero-order valence-corrected chi connectivity index (χ0v) is 15.2. The third-order valence-electron chi connectivity index (χ3n) is 3.49. The summed E-state index contributed by atoms with van der Waals surface area (Å²) in [6.07, 6.45) is 6.97. The van der Waals surface area contributed by atoms with Crippen molar-refractivity contribution in [1.29, 1.82) is 0 Å². The van der Waals surface area contributed by atoms with Crippen molar-refractivity contribution in [2.45, 2.75) is 40.0 Å². The van der Waals surface area contributed by atoms with Gasteiger partial charge < -0.3 is 14.8 Å². The molecule has 0 aliphatic heterocycles. The lowest BCUT2D eigenvalue weighted by atomic mass is 9.93. The van der Waals surface area contributed by atoms with Gasteiger partial charge in [0.1, 0.15) is 5.76 Å². The number of carbonyl (C=O) groups is 2. The third kappa shape index (κ3) is 6.98. The molecular formula is C18H28N2O4. The predicted octanol–water partition coefficient (Wildman–Crippen LogP) is 2.61. The number of ether oxygens (including phenoxy) is 2. The number of carbonyl (C=O) groups excluding carboxylic acids is 2. The second-order valence-corrected chi connectivity index (χ2v) is 6.87. The minimum absolute atomic E-state index is 0.131. The molecule has 0 spiro atoms. The molecule has 0 saturated heterocycles. The Morgan fingerprint density at radius 1 is 1.38 bits per heavy atom. The first-order valence-corrected chi connectivity index (χ1v) is 8.09. The van der Waals surface area contributed by atoms with Crippen LogP contribution in [0.25, 0.3) is 0 Å². The average Bonchev–Trinajstić information content (AvgIpc) is 2.53. The molecule has 0 bridgehead atoms. The number of allylic oxidation sites excluding steroid dienone is 1. The Morgan fingerprint density at radius 2 is 2.08 bits per heavy atom. The lowest BCUT2D eigenvalue weighted by Crippen LogP contribution is -2.28. The van der Waals surface area contributed by atoms with Crippen molar-refractivity contribution in [3.8, 4) is 0 Å². The Hall–Kier alpha value is -2.11. The number of nitrogens with one attached hydrogen (secondary N) is 1. The molecule has 134 valence electrons. The molecule has 1 amide bonds. The molecule has 24 heavy (non-hydrogen) atoms. The summed E-state index contributed by atoms with van der Waals surface area (Å²) in [4.78, 5) is 27.8. The van der Waals surface area contributed by atoms with Crippen LogP contribution < -0.4 is 5.32 Å². The highest BCUT2D eigenvalue weighted by molar-refractivity contribution is 5.80. The second-order valence-electron chi connectivity index (χ2n) is 6.87. The van der Waals surface area contributed by atoms with E-state index in [9.17, 15) is 9.59 Å². The van der Waals surface area contributed by atoms with Gasteiger partial charge in [-0.3, -0.25) is 14.6 Å². The summed E-state index contributed by atoms with van der Waals surface area (Å²) in [5.74, 6) is -0.359. The maximum atomic E-state index is 12.0. The van der Waals surface area contributed by atoms with Gasteiger partial charge in [0.05, 0.1) is 25.8 Å². The first-order chi connectivity index (χ1) is 11.3. The fourth-order valence-electron chi connectivity index (χ4n) is 2.10. The lowest BCUT2D eigenvalue weighted by molar-refractivity contribution is -0.143. The zero-order chi connectivity index (χ0) is 18.2. The van der Waals surface area contributed by atoms with E-state index in [1.165, 1.54) is 14.2 Å². The largest absolute Gasteiger partial charge is 0.495 e. The van der Waals surface area contributed by atoms with Gasteiger partial charge in [0.25, 0.3) is 0 Å². The minimum atomic E-state index is -0.382. The SMILES string of the molecule is COC(=O)C1C=C(OC)C(NC(=O)CC/N=C/CC(C)(C)C)=CC1. The maximum absolute atomic E-state index is 12.0. The predicted molar refractivity (Wildman–Crippen MR) is 93.5 cm³/mol. The van der Waals surface area contributed by atoms with Gasteiger partial charge in [-0.05, 0) is 30.5 Å². The van der Waals surface area contributed by atoms with Crippen molar-refractivity contribution in [1.82, 2.24) is 5.32 Å². The average molecular weight is 336 g/mol. The molecule has 0 aromatic heterocycles. The first kappa shape index (κ1) is 19.9. The van der Waals surface area contributed by atoms with Crippen LogP contribution >= 0.6 is 0 Å². The van der Waals surface area contributed by atoms with Gasteiger partial charge in [-0.1, -0.05) is 26.8 Å². The molecule has 0 aromatic rings. The van der Waals surface area contributed by atoms with Crippen molar-refractivity contribution >= 4 is 18.1 Å². The van der Waals surface area contributed by atoms with Crippen LogP contribution in [-0.2, 0) is 19.1 Å². The number of rotatable bonds is 7. The Labute approximate surface area is 144 Å². The molecule has 1 aliphatic carbocycles. The Morgan fingerprint density at radius 3 is 2.67 bits per heavy atom. The molecule has 0 radical (unpaired) electrons. The molecule has 1 N–H and O–H groups in total. The molecule has 1 rings (SSSR count). The van der Waals surface area contributed by atoms with Gasteiger partial charge in [0.15, 0.2) is 0 Å². The van der Waals surface area contributed by atoms with Crippen LogP contribution in [0.3, 0.4) is 0 Å². The summed E-state index contributed by atoms with van der Waals surface area (Å²) >= 11 is 0. The van der Waals surface area contributed by atoms with Gasteiger partial charge in [-0.15, -0.1) is 0 Å². The van der Waals surface area contributed by atoms with Crippen molar-refractivity contribution in [2.24, 2.45) is 16.3 Å². The number of esters is 1. The van der Waals surface area contributed by atoms with Crippen LogP contribution in [0.15, 0.2) is 28.6 Å². The molecule has 0 saturated carbocycles. The Kier molecular flexibility index (Phi) is 7.68. The van der Waals surface area contributed by atoms with Crippen molar-refractivity contribution in [3.63, 3.8) is 0 Å². The van der Waals surface area contributed by atoms with E-state index in [-0.39, 0.29) is 23.2 Å². The van der Waals surface area contributed by atoms with E-state index in [1.54, 1.807) is 12.2 Å². The summed E-state index contributed by atoms with van der Waals surface area (Å²) in [5.41, 5.74) is 0.786. The Bertz CT molecular complexity index is 542. The van der Waals surface area contributed by atoms with Crippen LogP contribution in [0, 0.1) is 11.3 Å². The number of hydrogen-bond acceptors (Lipinski definition) is 5. The highest BCUT2D eigenvalue weighted by Crippen LogP contribution is 2.23. The van der Waals surface area contributed by atoms with Gasteiger partial charge in [0, 0.05) is 13.0 Å². The smallest absolute Gasteiger partial charge is 0.312 e. The van der Waals surface area contributed by atoms with Crippen molar-refractivity contribution in [3.05, 3.63) is 23.6 Å². The summed E-state index contributed by atoms with van der Waals surface area (Å²) in [5, 5.41) is 2.81. The Balaban J connectivity index is 2.48. The number of amides is 1. The molecular weight excluding hydrogens is 308 g/mol. The highest BCUT2D eigenvalue weighted by atomic mass is 16.5.